The van der Waals surface area contributed by atoms with Gasteiger partial charge in [0.1, 0.15) is 6.61 Å². The molecule has 0 spiro atoms. The Balaban J connectivity index is 1.21. The molecule has 0 saturated heterocycles. The van der Waals surface area contributed by atoms with Gasteiger partial charge in [-0.3, -0.25) is 33.6 Å². The number of primary amides is 1. The first-order valence-electron chi connectivity index (χ1n) is 21.3. The Bertz CT molecular complexity index is 2290. The second-order valence-electron chi connectivity index (χ2n) is 16.0. The maximum atomic E-state index is 13.9. The number of unbranched alkanes of at least 4 members (excludes halogenated alkanes) is 2. The first-order valence-corrected chi connectivity index (χ1v) is 22.6. The summed E-state index contributed by atoms with van der Waals surface area (Å²) in [4.78, 5) is 111. The van der Waals surface area contributed by atoms with Crippen LogP contribution in [0.1, 0.15) is 94.2 Å². The van der Waals surface area contributed by atoms with Gasteiger partial charge < -0.3 is 41.9 Å². The number of carbonyl (C=O) groups excluding carboxylic acids is 7. The summed E-state index contributed by atoms with van der Waals surface area (Å²) < 4.78 is 12.8. The minimum atomic E-state index is -1.97. The largest absolute Gasteiger partial charge is 0.457 e. The van der Waals surface area contributed by atoms with Gasteiger partial charge in [0, 0.05) is 53.2 Å². The van der Waals surface area contributed by atoms with Gasteiger partial charge in [-0.2, -0.15) is 25.3 Å². The lowest BCUT2D eigenvalue weighted by Gasteiger charge is -2.35. The van der Waals surface area contributed by atoms with Crippen molar-refractivity contribution in [3.63, 3.8) is 0 Å². The molecule has 2 aliphatic heterocycles. The average molecular weight is 908 g/mol. The predicted octanol–water partition coefficient (Wildman–Crippen LogP) is 2.13. The Labute approximate surface area is 376 Å². The molecular formula is C44H57N7O10S2. The zero-order chi connectivity index (χ0) is 45.8. The van der Waals surface area contributed by atoms with Crippen molar-refractivity contribution < 1.29 is 43.0 Å². The summed E-state index contributed by atoms with van der Waals surface area (Å²) in [5.41, 5.74) is 17.4. The van der Waals surface area contributed by atoms with E-state index < -0.39 is 83.4 Å². The number of cyclic esters (lactones) is 1. The van der Waals surface area contributed by atoms with Gasteiger partial charge in [-0.05, 0) is 69.8 Å². The van der Waals surface area contributed by atoms with Gasteiger partial charge in [0.15, 0.2) is 11.6 Å². The van der Waals surface area contributed by atoms with Crippen LogP contribution in [-0.2, 0) is 61.8 Å². The number of nitrogens with zero attached hydrogens (tertiary/aromatic N) is 2. The number of hydrogen-bond donors (Lipinski definition) is 7. The molecule has 0 aliphatic carbocycles. The van der Waals surface area contributed by atoms with Crippen molar-refractivity contribution in [2.75, 3.05) is 24.6 Å². The highest BCUT2D eigenvalue weighted by Gasteiger charge is 2.50. The molecule has 0 saturated carbocycles. The van der Waals surface area contributed by atoms with Crippen molar-refractivity contribution in [3.05, 3.63) is 63.4 Å². The van der Waals surface area contributed by atoms with E-state index in [2.05, 4.69) is 35.9 Å². The van der Waals surface area contributed by atoms with Crippen LogP contribution in [0, 0.1) is 11.8 Å². The van der Waals surface area contributed by atoms with Gasteiger partial charge in [-0.15, -0.1) is 0 Å². The Kier molecular flexibility index (Phi) is 17.5. The molecule has 17 nitrogen and oxygen atoms in total. The zero-order valence-corrected chi connectivity index (χ0v) is 37.2. The minimum absolute atomic E-state index is 0.0661. The number of ether oxygens (including phenoxy) is 2. The second-order valence-corrected chi connectivity index (χ2v) is 16.7. The lowest BCUT2D eigenvalue weighted by Crippen LogP contribution is -2.48. The normalized spacial score (nSPS) is 17.0. The van der Waals surface area contributed by atoms with Gasteiger partial charge in [-0.25, -0.2) is 9.78 Å². The molecule has 3 aromatic rings. The molecule has 19 heteroatoms. The van der Waals surface area contributed by atoms with Crippen LogP contribution >= 0.6 is 25.3 Å². The molecule has 2 aromatic heterocycles. The summed E-state index contributed by atoms with van der Waals surface area (Å²) in [6.07, 6.45) is 1.53. The van der Waals surface area contributed by atoms with Crippen LogP contribution in [0.15, 0.2) is 41.2 Å². The predicted molar refractivity (Wildman–Crippen MR) is 240 cm³/mol. The van der Waals surface area contributed by atoms with Crippen molar-refractivity contribution in [1.29, 1.82) is 0 Å². The lowest BCUT2D eigenvalue weighted by molar-refractivity contribution is -0.189. The molecular weight excluding hydrogens is 851 g/mol. The van der Waals surface area contributed by atoms with Crippen LogP contribution in [0.3, 0.4) is 0 Å². The van der Waals surface area contributed by atoms with Crippen LogP contribution < -0.4 is 33.4 Å². The Morgan fingerprint density at radius 3 is 2.24 bits per heavy atom. The number of rotatable bonds is 25. The molecule has 8 N–H and O–H groups in total. The number of para-hydroxylation sites is 1. The molecule has 4 unspecified atom stereocenters. The number of pyridine rings is 2. The summed E-state index contributed by atoms with van der Waals surface area (Å²) in [6.45, 7) is 2.39. The van der Waals surface area contributed by atoms with Crippen LogP contribution in [0.5, 0.6) is 0 Å². The third-order valence-corrected chi connectivity index (χ3v) is 12.5. The van der Waals surface area contributed by atoms with Crippen LogP contribution in [0.25, 0.3) is 22.3 Å². The lowest BCUT2D eigenvalue weighted by atomic mass is 9.85. The van der Waals surface area contributed by atoms with E-state index >= 15 is 0 Å². The number of ketones is 2. The summed E-state index contributed by atoms with van der Waals surface area (Å²) >= 11 is 8.53. The number of nitrogens with two attached hydrogens (primary N) is 3. The number of hydrogen-bond acceptors (Lipinski definition) is 15. The highest BCUT2D eigenvalue weighted by molar-refractivity contribution is 7.80. The molecule has 2 aliphatic rings. The van der Waals surface area contributed by atoms with Gasteiger partial charge in [0.2, 0.25) is 23.3 Å². The SMILES string of the molecule is CC[C@]1(OC(=O)CCC(=O)NC(CS)C(=O)CC(CS)C(=O)NC(CCCCN)C(=O)CC(CCCCN)C(N)=O)C(=O)OCc2c1cc1n(c2=O)Cc2cc3ccccc3nc2-1. The molecule has 4 heterocycles. The highest BCUT2D eigenvalue weighted by Crippen LogP contribution is 2.41. The first-order chi connectivity index (χ1) is 30.2. The van der Waals surface area contributed by atoms with Crippen molar-refractivity contribution >= 4 is 77.4 Å². The van der Waals surface area contributed by atoms with E-state index in [1.165, 1.54) is 0 Å². The summed E-state index contributed by atoms with van der Waals surface area (Å²) in [7, 11) is 0. The summed E-state index contributed by atoms with van der Waals surface area (Å²) in [5.74, 6) is -6.52. The number of thiol groups is 2. The van der Waals surface area contributed by atoms with Crippen molar-refractivity contribution in [3.8, 4) is 11.4 Å². The van der Waals surface area contributed by atoms with E-state index in [0.29, 0.717) is 56.6 Å². The number of carbonyl (C=O) groups is 7. The monoisotopic (exact) mass is 907 g/mol. The number of Topliss-reactive ketones (excluding diaryl/α,β-unsaturated/α-hetero) is 2. The molecule has 0 radical (unpaired) electrons. The third-order valence-electron chi connectivity index (χ3n) is 11.7. The standard InChI is InChI=1S/C44H57N7O10S2/c1-2-44(30-20-34-39-27(17-25-9-3-4-11-31(25)49-39)21-51(34)42(58)29(30)22-60-43(44)59)61-38(55)14-13-37(54)48-33(24-63)36(53)19-28(23-62)41(57)50-32(12-6-8-16-46)35(52)18-26(40(47)56)10-5-7-15-45/h3-4,9,11,17,20,26,28,32-33,62-63H,2,5-8,10,12-16,18-19,21-24,45-46H2,1H3,(H2,47,56)(H,48,54)(H,50,57)/t26?,28?,32?,33?,44-/m1/s1. The molecule has 3 amide bonds. The number of nitrogens with one attached hydrogen (secondary N) is 2. The van der Waals surface area contributed by atoms with E-state index in [0.717, 1.165) is 16.5 Å². The van der Waals surface area contributed by atoms with Crippen LogP contribution in [-0.4, -0.2) is 87.5 Å². The van der Waals surface area contributed by atoms with Crippen LogP contribution in [0.2, 0.25) is 0 Å². The zero-order valence-electron chi connectivity index (χ0n) is 35.4. The van der Waals surface area contributed by atoms with E-state index in [-0.39, 0.29) is 67.3 Å². The number of esters is 2. The minimum Gasteiger partial charge on any atom is -0.457 e. The maximum Gasteiger partial charge on any atom is 0.355 e. The van der Waals surface area contributed by atoms with Crippen molar-refractivity contribution in [2.24, 2.45) is 29.0 Å². The Morgan fingerprint density at radius 2 is 1.57 bits per heavy atom. The quantitative estimate of drug-likeness (QED) is 0.0286. The fraction of sp³-hybridized carbons (Fsp3) is 0.523. The molecule has 63 heavy (non-hydrogen) atoms. The fourth-order valence-corrected chi connectivity index (χ4v) is 8.61. The number of benzene rings is 1. The first kappa shape index (κ1) is 48.9. The van der Waals surface area contributed by atoms with Crippen molar-refractivity contribution in [2.45, 2.75) is 108 Å². The average Bonchev–Trinajstić information content (AvgIpc) is 3.63. The van der Waals surface area contributed by atoms with Gasteiger partial charge >= 0.3 is 11.9 Å². The number of amides is 3. The van der Waals surface area contributed by atoms with Crippen LogP contribution in [0.4, 0.5) is 0 Å². The topological polar surface area (TPSA) is 275 Å². The van der Waals surface area contributed by atoms with E-state index in [4.69, 9.17) is 31.7 Å². The molecule has 340 valence electrons. The molecule has 1 aromatic carbocycles. The molecule has 5 rings (SSSR count). The summed E-state index contributed by atoms with van der Waals surface area (Å²) in [6, 6.07) is 9.06. The van der Waals surface area contributed by atoms with Crippen molar-refractivity contribution in [1.82, 2.24) is 20.2 Å². The molecule has 5 atom stereocenters. The molecule has 0 bridgehead atoms. The molecule has 0 fully saturated rings. The van der Waals surface area contributed by atoms with Gasteiger partial charge in [-0.1, -0.05) is 31.5 Å². The Morgan fingerprint density at radius 1 is 0.889 bits per heavy atom. The smallest absolute Gasteiger partial charge is 0.355 e. The highest BCUT2D eigenvalue weighted by atomic mass is 32.1. The number of fused-ring (bicyclic) bond motifs is 5. The number of aromatic nitrogens is 2. The maximum absolute atomic E-state index is 13.9. The van der Waals surface area contributed by atoms with E-state index in [1.54, 1.807) is 17.6 Å². The van der Waals surface area contributed by atoms with Gasteiger partial charge in [0.05, 0.1) is 53.4 Å². The second kappa shape index (κ2) is 22.5. The third kappa shape index (κ3) is 11.5. The van der Waals surface area contributed by atoms with E-state index in [1.807, 2.05) is 30.3 Å². The van der Waals surface area contributed by atoms with E-state index in [9.17, 15) is 38.4 Å². The van der Waals surface area contributed by atoms with Gasteiger partial charge in [0.25, 0.3) is 5.56 Å². The Hall–Kier alpha value is -5.11. The fourth-order valence-electron chi connectivity index (χ4n) is 8.02. The summed E-state index contributed by atoms with van der Waals surface area (Å²) in [5, 5.41) is 6.20.